The molecule has 6 rings (SSSR count). The van der Waals surface area contributed by atoms with Crippen LogP contribution in [0, 0.1) is 0 Å². The van der Waals surface area contributed by atoms with Gasteiger partial charge in [0.15, 0.2) is 0 Å². The monoisotopic (exact) mass is 718 g/mol. The van der Waals surface area contributed by atoms with Crippen molar-refractivity contribution in [3.05, 3.63) is 117 Å². The summed E-state index contributed by atoms with van der Waals surface area (Å²) in [5.41, 5.74) is 9.08. The molecule has 0 fully saturated rings. The first-order valence-corrected chi connectivity index (χ1v) is 19.0. The summed E-state index contributed by atoms with van der Waals surface area (Å²) in [5.74, 6) is 1.56. The minimum Gasteiger partial charge on any atom is -0.478 e. The fraction of sp³-hybridized carbons (Fsp3) is 0.447. The Balaban J connectivity index is 0.000000204. The number of carboxylic acids is 2. The van der Waals surface area contributed by atoms with Crippen molar-refractivity contribution in [2.45, 2.75) is 136 Å². The molecule has 4 aromatic rings. The predicted octanol–water partition coefficient (Wildman–Crippen LogP) is 12.7. The van der Waals surface area contributed by atoms with Crippen molar-refractivity contribution < 1.29 is 29.3 Å². The quantitative estimate of drug-likeness (QED) is 0.188. The Morgan fingerprint density at radius 2 is 0.906 bits per heavy atom. The maximum atomic E-state index is 11.1. The first-order valence-electron chi connectivity index (χ1n) is 19.0. The number of hydrogen-bond acceptors (Lipinski definition) is 4. The van der Waals surface area contributed by atoms with Gasteiger partial charge in [-0.05, 0) is 154 Å². The van der Waals surface area contributed by atoms with Gasteiger partial charge < -0.3 is 19.7 Å². The zero-order valence-corrected chi connectivity index (χ0v) is 33.6. The van der Waals surface area contributed by atoms with E-state index in [2.05, 4.69) is 100 Å². The van der Waals surface area contributed by atoms with Gasteiger partial charge >= 0.3 is 11.9 Å². The van der Waals surface area contributed by atoms with Crippen molar-refractivity contribution in [3.63, 3.8) is 0 Å². The molecule has 282 valence electrons. The molecule has 0 spiro atoms. The van der Waals surface area contributed by atoms with Gasteiger partial charge in [0, 0.05) is 0 Å². The van der Waals surface area contributed by atoms with Crippen LogP contribution >= 0.6 is 0 Å². The lowest BCUT2D eigenvalue weighted by atomic mass is 9.62. The van der Waals surface area contributed by atoms with Gasteiger partial charge in [0.05, 0.1) is 11.1 Å². The zero-order chi connectivity index (χ0) is 39.1. The third kappa shape index (κ3) is 8.48. The second-order valence-corrected chi connectivity index (χ2v) is 17.8. The average Bonchev–Trinajstić information content (AvgIpc) is 3.09. The van der Waals surface area contributed by atoms with E-state index in [-0.39, 0.29) is 32.8 Å². The van der Waals surface area contributed by atoms with Crippen LogP contribution in [0.2, 0.25) is 0 Å². The summed E-state index contributed by atoms with van der Waals surface area (Å²) in [6.45, 7) is 25.0. The second kappa shape index (κ2) is 14.7. The normalized spacial score (nSPS) is 17.4. The molecule has 0 amide bonds. The molecule has 0 heterocycles. The zero-order valence-electron chi connectivity index (χ0n) is 33.6. The van der Waals surface area contributed by atoms with Gasteiger partial charge in [-0.25, -0.2) is 9.59 Å². The van der Waals surface area contributed by atoms with E-state index in [1.165, 1.54) is 46.2 Å². The molecule has 2 aliphatic carbocycles. The van der Waals surface area contributed by atoms with Gasteiger partial charge in [0.1, 0.15) is 23.0 Å². The van der Waals surface area contributed by atoms with Crippen molar-refractivity contribution in [2.24, 2.45) is 0 Å². The molecule has 0 saturated heterocycles. The molecule has 6 heteroatoms. The van der Waals surface area contributed by atoms with E-state index in [0.29, 0.717) is 17.4 Å². The van der Waals surface area contributed by atoms with E-state index < -0.39 is 11.9 Å². The molecule has 0 aliphatic heterocycles. The molecule has 4 aromatic carbocycles. The summed E-state index contributed by atoms with van der Waals surface area (Å²) in [5, 5.41) is 18.1. The molecule has 6 nitrogen and oxygen atoms in total. The Kier molecular flexibility index (Phi) is 11.0. The lowest BCUT2D eigenvalue weighted by Crippen LogP contribution is -2.34. The van der Waals surface area contributed by atoms with Gasteiger partial charge in [-0.3, -0.25) is 0 Å². The number of aromatic carboxylic acids is 2. The Hall–Kier alpha value is -4.58. The van der Waals surface area contributed by atoms with E-state index in [4.69, 9.17) is 19.7 Å². The molecule has 0 aromatic heterocycles. The molecule has 2 aliphatic rings. The molecule has 0 bridgehead atoms. The molecule has 2 N–H and O–H groups in total. The average molecular weight is 719 g/mol. The first-order chi connectivity index (χ1) is 24.6. The highest BCUT2D eigenvalue weighted by Crippen LogP contribution is 2.50. The number of hydrogen-bond donors (Lipinski definition) is 2. The Bertz CT molecular complexity index is 1980. The summed E-state index contributed by atoms with van der Waals surface area (Å²) in [7, 11) is 0. The fourth-order valence-corrected chi connectivity index (χ4v) is 7.75. The molecular weight excluding hydrogens is 661 g/mol. The third-order valence-corrected chi connectivity index (χ3v) is 11.7. The minimum atomic E-state index is -0.929. The maximum Gasteiger partial charge on any atom is 0.335 e. The van der Waals surface area contributed by atoms with Crippen molar-refractivity contribution in [2.75, 3.05) is 0 Å². The van der Waals surface area contributed by atoms with E-state index in [1.54, 1.807) is 48.5 Å². The Labute approximate surface area is 316 Å². The lowest BCUT2D eigenvalue weighted by Gasteiger charge is -2.42. The van der Waals surface area contributed by atoms with Crippen molar-refractivity contribution >= 4 is 11.9 Å². The summed E-state index contributed by atoms with van der Waals surface area (Å²) < 4.78 is 12.4. The highest BCUT2D eigenvalue weighted by molar-refractivity contribution is 5.88. The fourth-order valence-electron chi connectivity index (χ4n) is 7.75. The predicted molar refractivity (Wildman–Crippen MR) is 214 cm³/mol. The standard InChI is InChI=1S/C24H30O3.C23H28O3/c1-15(2)18-13-19-20(24(5,6)12-11-23(19,3)4)14-21(18)27-17-9-7-16(8-10-17)22(25)26;1-6-15-13-18-19(23(4,5)12-11-22(18,2)3)14-20(15)26-17-9-7-16(8-10-17)21(24)25/h7-10,13-15H,11-12H2,1-6H3,(H,25,26);7-10,13-14H,6,11-12H2,1-5H3,(H,24,25). The Morgan fingerprint density at radius 3 is 1.26 bits per heavy atom. The van der Waals surface area contributed by atoms with Crippen LogP contribution < -0.4 is 9.47 Å². The number of aryl methyl sites for hydroxylation is 1. The van der Waals surface area contributed by atoms with Crippen LogP contribution in [-0.2, 0) is 28.1 Å². The topological polar surface area (TPSA) is 93.1 Å². The number of carbonyl (C=O) groups is 2. The smallest absolute Gasteiger partial charge is 0.335 e. The number of fused-ring (bicyclic) bond motifs is 2. The summed E-state index contributed by atoms with van der Waals surface area (Å²) in [6, 6.07) is 22.3. The SMILES string of the molecule is CC(C)c1cc2c(cc1Oc1ccc(C(=O)O)cc1)C(C)(C)CCC2(C)C.CCc1cc2c(cc1Oc1ccc(C(=O)O)cc1)C(C)(C)CCC2(C)C. The van der Waals surface area contributed by atoms with Crippen LogP contribution in [0.4, 0.5) is 0 Å². The molecule has 0 unspecified atom stereocenters. The van der Waals surface area contributed by atoms with E-state index in [0.717, 1.165) is 30.8 Å². The maximum absolute atomic E-state index is 11.1. The highest BCUT2D eigenvalue weighted by Gasteiger charge is 2.39. The highest BCUT2D eigenvalue weighted by atomic mass is 16.5. The van der Waals surface area contributed by atoms with Gasteiger partial charge in [-0.15, -0.1) is 0 Å². The van der Waals surface area contributed by atoms with Crippen LogP contribution in [0.3, 0.4) is 0 Å². The number of ether oxygens (including phenoxy) is 2. The number of benzene rings is 4. The minimum absolute atomic E-state index is 0.117. The van der Waals surface area contributed by atoms with Gasteiger partial charge in [-0.1, -0.05) is 88.3 Å². The van der Waals surface area contributed by atoms with Gasteiger partial charge in [0.2, 0.25) is 0 Å². The molecular formula is C47H58O6. The van der Waals surface area contributed by atoms with Crippen LogP contribution in [0.1, 0.15) is 162 Å². The largest absolute Gasteiger partial charge is 0.478 e. The molecule has 0 saturated carbocycles. The van der Waals surface area contributed by atoms with Crippen LogP contribution in [0.5, 0.6) is 23.0 Å². The van der Waals surface area contributed by atoms with E-state index in [9.17, 15) is 9.59 Å². The lowest BCUT2D eigenvalue weighted by molar-refractivity contribution is 0.0686. The molecule has 53 heavy (non-hydrogen) atoms. The van der Waals surface area contributed by atoms with Crippen molar-refractivity contribution in [1.82, 2.24) is 0 Å². The van der Waals surface area contributed by atoms with Crippen molar-refractivity contribution in [3.8, 4) is 23.0 Å². The summed E-state index contributed by atoms with van der Waals surface area (Å²) >= 11 is 0. The third-order valence-electron chi connectivity index (χ3n) is 11.7. The van der Waals surface area contributed by atoms with E-state index in [1.807, 2.05) is 0 Å². The van der Waals surface area contributed by atoms with Crippen LogP contribution in [0.15, 0.2) is 72.8 Å². The van der Waals surface area contributed by atoms with Gasteiger partial charge in [-0.2, -0.15) is 0 Å². The van der Waals surface area contributed by atoms with Crippen LogP contribution in [-0.4, -0.2) is 22.2 Å². The number of rotatable bonds is 8. The second-order valence-electron chi connectivity index (χ2n) is 17.8. The van der Waals surface area contributed by atoms with Crippen molar-refractivity contribution in [1.29, 1.82) is 0 Å². The molecule has 0 radical (unpaired) electrons. The first kappa shape index (κ1) is 39.6. The number of carboxylic acid groups (broad SMARTS) is 2. The Morgan fingerprint density at radius 1 is 0.566 bits per heavy atom. The van der Waals surface area contributed by atoms with Gasteiger partial charge in [0.25, 0.3) is 0 Å². The van der Waals surface area contributed by atoms with E-state index >= 15 is 0 Å². The summed E-state index contributed by atoms with van der Waals surface area (Å²) in [4.78, 5) is 22.1. The van der Waals surface area contributed by atoms with Crippen LogP contribution in [0.25, 0.3) is 0 Å². The molecule has 0 atom stereocenters. The summed E-state index contributed by atoms with van der Waals surface area (Å²) in [6.07, 6.45) is 5.58.